The van der Waals surface area contributed by atoms with Crippen molar-refractivity contribution < 1.29 is 4.39 Å². The molecule has 5 heteroatoms. The van der Waals surface area contributed by atoms with Crippen molar-refractivity contribution >= 4 is 17.4 Å². The van der Waals surface area contributed by atoms with Crippen LogP contribution in [0.5, 0.6) is 0 Å². The summed E-state index contributed by atoms with van der Waals surface area (Å²) in [7, 11) is 0. The fraction of sp³-hybridized carbons (Fsp3) is 0.308. The van der Waals surface area contributed by atoms with Crippen LogP contribution in [0.15, 0.2) is 18.2 Å². The smallest absolute Gasteiger partial charge is 0.141 e. The zero-order valence-electron chi connectivity index (χ0n) is 9.95. The van der Waals surface area contributed by atoms with Crippen molar-refractivity contribution in [3.05, 3.63) is 45.9 Å². The van der Waals surface area contributed by atoms with E-state index < -0.39 is 0 Å². The van der Waals surface area contributed by atoms with E-state index in [2.05, 4.69) is 5.10 Å². The van der Waals surface area contributed by atoms with Gasteiger partial charge in [-0.05, 0) is 43.0 Å². The van der Waals surface area contributed by atoms with Crippen LogP contribution in [0.4, 0.5) is 10.2 Å². The van der Waals surface area contributed by atoms with Gasteiger partial charge >= 0.3 is 0 Å². The van der Waals surface area contributed by atoms with Gasteiger partial charge in [-0.1, -0.05) is 17.7 Å². The van der Waals surface area contributed by atoms with Crippen LogP contribution >= 0.6 is 11.6 Å². The first-order valence-corrected chi connectivity index (χ1v) is 6.24. The van der Waals surface area contributed by atoms with Gasteiger partial charge in [0.1, 0.15) is 16.7 Å². The summed E-state index contributed by atoms with van der Waals surface area (Å²) in [5.74, 6) is 0.286. The summed E-state index contributed by atoms with van der Waals surface area (Å²) in [4.78, 5) is 0. The van der Waals surface area contributed by atoms with E-state index in [9.17, 15) is 4.39 Å². The Labute approximate surface area is 109 Å². The first-order chi connectivity index (χ1) is 8.58. The highest BCUT2D eigenvalue weighted by atomic mass is 35.5. The highest BCUT2D eigenvalue weighted by molar-refractivity contribution is 6.33. The van der Waals surface area contributed by atoms with Gasteiger partial charge in [-0.15, -0.1) is 0 Å². The zero-order valence-corrected chi connectivity index (χ0v) is 10.7. The number of anilines is 1. The summed E-state index contributed by atoms with van der Waals surface area (Å²) < 4.78 is 14.9. The van der Waals surface area contributed by atoms with Crippen molar-refractivity contribution in [1.82, 2.24) is 9.78 Å². The second-order valence-electron chi connectivity index (χ2n) is 4.63. The van der Waals surface area contributed by atoms with E-state index in [-0.39, 0.29) is 11.9 Å². The minimum Gasteiger partial charge on any atom is -0.383 e. The van der Waals surface area contributed by atoms with Crippen LogP contribution in [0.2, 0.25) is 5.02 Å². The van der Waals surface area contributed by atoms with E-state index in [1.54, 1.807) is 10.7 Å². The molecule has 3 rings (SSSR count). The molecule has 1 atom stereocenters. The van der Waals surface area contributed by atoms with Crippen LogP contribution in [0.25, 0.3) is 0 Å². The fourth-order valence-corrected chi connectivity index (χ4v) is 2.72. The molecule has 0 saturated heterocycles. The number of nitrogens with two attached hydrogens (primary N) is 1. The summed E-state index contributed by atoms with van der Waals surface area (Å²) in [5.41, 5.74) is 8.81. The number of aromatic nitrogens is 2. The van der Waals surface area contributed by atoms with Gasteiger partial charge in [0, 0.05) is 0 Å². The molecule has 1 aliphatic rings. The number of benzene rings is 1. The summed E-state index contributed by atoms with van der Waals surface area (Å²) in [6, 6.07) is 4.94. The van der Waals surface area contributed by atoms with E-state index in [4.69, 9.17) is 17.3 Å². The predicted molar refractivity (Wildman–Crippen MR) is 69.2 cm³/mol. The molecule has 3 nitrogen and oxygen atoms in total. The third kappa shape index (κ3) is 1.60. The van der Waals surface area contributed by atoms with E-state index >= 15 is 0 Å². The lowest BCUT2D eigenvalue weighted by atomic mass is 10.1. The second kappa shape index (κ2) is 3.99. The molecule has 1 aromatic heterocycles. The van der Waals surface area contributed by atoms with Gasteiger partial charge in [-0.2, -0.15) is 5.10 Å². The molecule has 0 spiro atoms. The van der Waals surface area contributed by atoms with E-state index in [1.165, 1.54) is 6.07 Å². The summed E-state index contributed by atoms with van der Waals surface area (Å²) >= 11 is 6.06. The summed E-state index contributed by atoms with van der Waals surface area (Å²) in [6.07, 6.45) is 1.72. The standard InChI is InChI=1S/C13H13ClFN3/c1-7-12(14)13(16)18(17-7)11-5-2-8-6-9(15)3-4-10(8)11/h3-4,6,11H,2,5,16H2,1H3. The molecule has 1 heterocycles. The molecule has 2 N–H and O–H groups in total. The number of aryl methyl sites for hydroxylation is 2. The van der Waals surface area contributed by atoms with Crippen LogP contribution in [0, 0.1) is 12.7 Å². The Kier molecular flexibility index (Phi) is 2.55. The van der Waals surface area contributed by atoms with Crippen LogP contribution in [0.3, 0.4) is 0 Å². The molecule has 0 saturated carbocycles. The summed E-state index contributed by atoms with van der Waals surface area (Å²) in [6.45, 7) is 1.83. The Hall–Kier alpha value is -1.55. The summed E-state index contributed by atoms with van der Waals surface area (Å²) in [5, 5.41) is 4.88. The highest BCUT2D eigenvalue weighted by Crippen LogP contribution is 2.37. The molecule has 0 aliphatic heterocycles. The lowest BCUT2D eigenvalue weighted by molar-refractivity contribution is 0.524. The molecule has 0 amide bonds. The maximum absolute atomic E-state index is 13.2. The van der Waals surface area contributed by atoms with Crippen molar-refractivity contribution in [3.8, 4) is 0 Å². The van der Waals surface area contributed by atoms with Gasteiger partial charge < -0.3 is 5.73 Å². The minimum absolute atomic E-state index is 0.0619. The highest BCUT2D eigenvalue weighted by Gasteiger charge is 2.27. The number of nitrogens with zero attached hydrogens (tertiary/aromatic N) is 2. The molecule has 1 aliphatic carbocycles. The van der Waals surface area contributed by atoms with E-state index in [0.29, 0.717) is 10.8 Å². The van der Waals surface area contributed by atoms with Gasteiger partial charge in [0.2, 0.25) is 0 Å². The molecular formula is C13H13ClFN3. The normalized spacial score (nSPS) is 18.1. The van der Waals surface area contributed by atoms with E-state index in [0.717, 1.165) is 29.7 Å². The molecule has 0 bridgehead atoms. The topological polar surface area (TPSA) is 43.8 Å². The Morgan fingerprint density at radius 1 is 1.50 bits per heavy atom. The van der Waals surface area contributed by atoms with Gasteiger partial charge in [0.15, 0.2) is 0 Å². The van der Waals surface area contributed by atoms with Crippen molar-refractivity contribution in [3.63, 3.8) is 0 Å². The minimum atomic E-state index is -0.197. The molecule has 0 fully saturated rings. The van der Waals surface area contributed by atoms with Gasteiger partial charge in [-0.25, -0.2) is 9.07 Å². The maximum atomic E-state index is 13.2. The average molecular weight is 266 g/mol. The Balaban J connectivity index is 2.09. The quantitative estimate of drug-likeness (QED) is 0.861. The Morgan fingerprint density at radius 2 is 2.28 bits per heavy atom. The number of halogens is 2. The van der Waals surface area contributed by atoms with Gasteiger partial charge in [-0.3, -0.25) is 0 Å². The second-order valence-corrected chi connectivity index (χ2v) is 5.00. The molecule has 0 radical (unpaired) electrons. The molecule has 1 unspecified atom stereocenters. The first-order valence-electron chi connectivity index (χ1n) is 5.86. The lowest BCUT2D eigenvalue weighted by Gasteiger charge is -2.14. The fourth-order valence-electron chi connectivity index (χ4n) is 2.60. The molecule has 18 heavy (non-hydrogen) atoms. The van der Waals surface area contributed by atoms with Crippen LogP contribution in [-0.2, 0) is 6.42 Å². The van der Waals surface area contributed by atoms with Crippen LogP contribution < -0.4 is 5.73 Å². The van der Waals surface area contributed by atoms with E-state index in [1.807, 2.05) is 13.0 Å². The third-order valence-electron chi connectivity index (χ3n) is 3.49. The molecule has 1 aromatic carbocycles. The molecule has 94 valence electrons. The number of nitrogen functional groups attached to an aromatic ring is 1. The average Bonchev–Trinajstić information content (AvgIpc) is 2.85. The number of hydrogen-bond donors (Lipinski definition) is 1. The Bertz CT molecular complexity index is 621. The monoisotopic (exact) mass is 265 g/mol. The van der Waals surface area contributed by atoms with Gasteiger partial charge in [0.05, 0.1) is 11.7 Å². The largest absolute Gasteiger partial charge is 0.383 e. The molecular weight excluding hydrogens is 253 g/mol. The van der Waals surface area contributed by atoms with Crippen LogP contribution in [0.1, 0.15) is 29.3 Å². The predicted octanol–water partition coefficient (Wildman–Crippen LogP) is 3.10. The van der Waals surface area contributed by atoms with Crippen molar-refractivity contribution in [2.75, 3.05) is 5.73 Å². The lowest BCUT2D eigenvalue weighted by Crippen LogP contribution is -2.12. The number of fused-ring (bicyclic) bond motifs is 1. The molecule has 2 aromatic rings. The zero-order chi connectivity index (χ0) is 12.9. The first kappa shape index (κ1) is 11.5. The number of hydrogen-bond acceptors (Lipinski definition) is 2. The van der Waals surface area contributed by atoms with Crippen LogP contribution in [-0.4, -0.2) is 9.78 Å². The van der Waals surface area contributed by atoms with Crippen molar-refractivity contribution in [2.45, 2.75) is 25.8 Å². The third-order valence-corrected chi connectivity index (χ3v) is 3.96. The SMILES string of the molecule is Cc1nn(C2CCc3cc(F)ccc32)c(N)c1Cl. The number of rotatable bonds is 1. The van der Waals surface area contributed by atoms with Crippen molar-refractivity contribution in [1.29, 1.82) is 0 Å². The maximum Gasteiger partial charge on any atom is 0.141 e. The Morgan fingerprint density at radius 3 is 2.94 bits per heavy atom. The van der Waals surface area contributed by atoms with Crippen molar-refractivity contribution in [2.24, 2.45) is 0 Å². The van der Waals surface area contributed by atoms with Gasteiger partial charge in [0.25, 0.3) is 0 Å².